The molecule has 0 amide bonds. The molecule has 1 rings (SSSR count). The second kappa shape index (κ2) is 3.90. The average Bonchev–Trinajstić information content (AvgIpc) is 2.03. The summed E-state index contributed by atoms with van der Waals surface area (Å²) in [7, 11) is 0. The molecule has 2 atom stereocenters. The van der Waals surface area contributed by atoms with Gasteiger partial charge in [0.25, 0.3) is 0 Å². The number of hydrogen-bond donors (Lipinski definition) is 2. The molecule has 3 heteroatoms. The Labute approximate surface area is 77.5 Å². The lowest BCUT2D eigenvalue weighted by Gasteiger charge is -2.15. The van der Waals surface area contributed by atoms with Crippen molar-refractivity contribution in [3.8, 4) is 0 Å². The van der Waals surface area contributed by atoms with Crippen LogP contribution in [-0.4, -0.2) is 6.04 Å². The van der Waals surface area contributed by atoms with E-state index in [4.69, 9.17) is 23.1 Å². The average molecular weight is 185 g/mol. The summed E-state index contributed by atoms with van der Waals surface area (Å²) < 4.78 is 0. The minimum atomic E-state index is -0.135. The third-order valence-corrected chi connectivity index (χ3v) is 2.04. The van der Waals surface area contributed by atoms with E-state index < -0.39 is 0 Å². The Morgan fingerprint density at radius 2 is 2.00 bits per heavy atom. The van der Waals surface area contributed by atoms with Crippen molar-refractivity contribution in [1.29, 1.82) is 0 Å². The van der Waals surface area contributed by atoms with E-state index in [1.165, 1.54) is 0 Å². The first-order chi connectivity index (χ1) is 5.61. The second-order valence-corrected chi connectivity index (χ2v) is 3.38. The fourth-order valence-electron chi connectivity index (χ4n) is 1.02. The standard InChI is InChI=1S/C9H13ClN2/c1-6(11)9(12)7-3-2-4-8(10)5-7/h2-6,9H,11-12H2,1H3/t6-,9+/m0/s1. The first-order valence-corrected chi connectivity index (χ1v) is 4.25. The zero-order valence-corrected chi connectivity index (χ0v) is 7.75. The number of halogens is 1. The third kappa shape index (κ3) is 2.21. The highest BCUT2D eigenvalue weighted by Gasteiger charge is 2.09. The van der Waals surface area contributed by atoms with Crippen molar-refractivity contribution in [3.63, 3.8) is 0 Å². The van der Waals surface area contributed by atoms with Crippen molar-refractivity contribution in [3.05, 3.63) is 34.9 Å². The lowest BCUT2D eigenvalue weighted by molar-refractivity contribution is 0.589. The molecule has 0 aliphatic carbocycles. The summed E-state index contributed by atoms with van der Waals surface area (Å²) in [6, 6.07) is 7.28. The van der Waals surface area contributed by atoms with Crippen LogP contribution in [-0.2, 0) is 0 Å². The molecule has 1 aromatic carbocycles. The van der Waals surface area contributed by atoms with Gasteiger partial charge in [0, 0.05) is 17.1 Å². The van der Waals surface area contributed by atoms with Crippen molar-refractivity contribution >= 4 is 11.6 Å². The quantitative estimate of drug-likeness (QED) is 0.735. The van der Waals surface area contributed by atoms with Gasteiger partial charge in [-0.1, -0.05) is 23.7 Å². The molecule has 12 heavy (non-hydrogen) atoms. The van der Waals surface area contributed by atoms with Crippen molar-refractivity contribution in [1.82, 2.24) is 0 Å². The maximum atomic E-state index is 5.82. The Morgan fingerprint density at radius 3 is 2.50 bits per heavy atom. The van der Waals surface area contributed by atoms with Crippen molar-refractivity contribution < 1.29 is 0 Å². The highest BCUT2D eigenvalue weighted by Crippen LogP contribution is 2.17. The van der Waals surface area contributed by atoms with E-state index in [1.807, 2.05) is 31.2 Å². The summed E-state index contributed by atoms with van der Waals surface area (Å²) in [4.78, 5) is 0. The molecular weight excluding hydrogens is 172 g/mol. The van der Waals surface area contributed by atoms with Gasteiger partial charge in [-0.15, -0.1) is 0 Å². The van der Waals surface area contributed by atoms with Gasteiger partial charge in [0.1, 0.15) is 0 Å². The molecule has 2 nitrogen and oxygen atoms in total. The maximum absolute atomic E-state index is 5.82. The topological polar surface area (TPSA) is 52.0 Å². The fourth-order valence-corrected chi connectivity index (χ4v) is 1.22. The number of nitrogens with two attached hydrogens (primary N) is 2. The summed E-state index contributed by atoms with van der Waals surface area (Å²) in [5.74, 6) is 0. The predicted octanol–water partition coefficient (Wildman–Crippen LogP) is 1.69. The molecule has 0 heterocycles. The molecule has 66 valence electrons. The SMILES string of the molecule is C[C@H](N)[C@@H](N)c1cccc(Cl)c1. The molecule has 0 spiro atoms. The lowest BCUT2D eigenvalue weighted by atomic mass is 10.0. The van der Waals surface area contributed by atoms with Crippen LogP contribution in [0, 0.1) is 0 Å². The molecule has 0 saturated heterocycles. The van der Waals surface area contributed by atoms with Gasteiger partial charge in [0.05, 0.1) is 0 Å². The molecule has 0 bridgehead atoms. The molecule has 0 radical (unpaired) electrons. The van der Waals surface area contributed by atoms with E-state index >= 15 is 0 Å². The van der Waals surface area contributed by atoms with Gasteiger partial charge in [-0.05, 0) is 24.6 Å². The first-order valence-electron chi connectivity index (χ1n) is 3.88. The van der Waals surface area contributed by atoms with E-state index in [2.05, 4.69) is 0 Å². The van der Waals surface area contributed by atoms with E-state index in [9.17, 15) is 0 Å². The van der Waals surface area contributed by atoms with Crippen LogP contribution in [0.4, 0.5) is 0 Å². The Kier molecular flexibility index (Phi) is 3.09. The largest absolute Gasteiger partial charge is 0.326 e. The monoisotopic (exact) mass is 184 g/mol. The third-order valence-electron chi connectivity index (χ3n) is 1.80. The van der Waals surface area contributed by atoms with Gasteiger partial charge < -0.3 is 11.5 Å². The molecule has 4 N–H and O–H groups in total. The molecule has 0 aliphatic heterocycles. The predicted molar refractivity (Wildman–Crippen MR) is 52.0 cm³/mol. The molecule has 0 aliphatic rings. The minimum absolute atomic E-state index is 0.0523. The lowest BCUT2D eigenvalue weighted by Crippen LogP contribution is -2.30. The highest BCUT2D eigenvalue weighted by molar-refractivity contribution is 6.30. The normalized spacial score (nSPS) is 15.7. The van der Waals surface area contributed by atoms with Gasteiger partial charge >= 0.3 is 0 Å². The van der Waals surface area contributed by atoms with Crippen LogP contribution in [0.1, 0.15) is 18.5 Å². The molecule has 0 unspecified atom stereocenters. The van der Waals surface area contributed by atoms with E-state index in [1.54, 1.807) is 0 Å². The number of benzene rings is 1. The Bertz CT molecular complexity index is 260. The second-order valence-electron chi connectivity index (χ2n) is 2.94. The smallest absolute Gasteiger partial charge is 0.0446 e. The summed E-state index contributed by atoms with van der Waals surface area (Å²) >= 11 is 5.80. The molecule has 0 aromatic heterocycles. The maximum Gasteiger partial charge on any atom is 0.0446 e. The molecule has 0 saturated carbocycles. The Balaban J connectivity index is 2.88. The van der Waals surface area contributed by atoms with Gasteiger partial charge in [-0.2, -0.15) is 0 Å². The van der Waals surface area contributed by atoms with Gasteiger partial charge in [-0.3, -0.25) is 0 Å². The summed E-state index contributed by atoms with van der Waals surface area (Å²) in [5, 5.41) is 0.698. The van der Waals surface area contributed by atoms with Crippen molar-refractivity contribution in [2.45, 2.75) is 19.0 Å². The summed E-state index contributed by atoms with van der Waals surface area (Å²) in [6.45, 7) is 1.88. The Hall–Kier alpha value is -0.570. The molecule has 1 aromatic rings. The summed E-state index contributed by atoms with van der Waals surface area (Å²) in [6.07, 6.45) is 0. The van der Waals surface area contributed by atoms with E-state index in [0.717, 1.165) is 5.56 Å². The zero-order chi connectivity index (χ0) is 9.14. The van der Waals surface area contributed by atoms with Crippen LogP contribution >= 0.6 is 11.6 Å². The van der Waals surface area contributed by atoms with Gasteiger partial charge in [0.2, 0.25) is 0 Å². The van der Waals surface area contributed by atoms with E-state index in [-0.39, 0.29) is 12.1 Å². The van der Waals surface area contributed by atoms with Crippen molar-refractivity contribution in [2.24, 2.45) is 11.5 Å². The molecular formula is C9H13ClN2. The van der Waals surface area contributed by atoms with Crippen LogP contribution in [0.2, 0.25) is 5.02 Å². The summed E-state index contributed by atoms with van der Waals surface area (Å²) in [5.41, 5.74) is 12.5. The van der Waals surface area contributed by atoms with Crippen LogP contribution in [0.3, 0.4) is 0 Å². The number of hydrogen-bond acceptors (Lipinski definition) is 2. The van der Waals surface area contributed by atoms with Gasteiger partial charge in [0.15, 0.2) is 0 Å². The molecule has 0 fully saturated rings. The zero-order valence-electron chi connectivity index (χ0n) is 7.00. The minimum Gasteiger partial charge on any atom is -0.326 e. The first kappa shape index (κ1) is 9.52. The fraction of sp³-hybridized carbons (Fsp3) is 0.333. The van der Waals surface area contributed by atoms with Crippen molar-refractivity contribution in [2.75, 3.05) is 0 Å². The highest BCUT2D eigenvalue weighted by atomic mass is 35.5. The Morgan fingerprint density at radius 1 is 1.33 bits per heavy atom. The van der Waals surface area contributed by atoms with E-state index in [0.29, 0.717) is 5.02 Å². The van der Waals surface area contributed by atoms with Crippen LogP contribution in [0.5, 0.6) is 0 Å². The van der Waals surface area contributed by atoms with Gasteiger partial charge in [-0.25, -0.2) is 0 Å². The van der Waals surface area contributed by atoms with Crippen LogP contribution < -0.4 is 11.5 Å². The number of rotatable bonds is 2. The van der Waals surface area contributed by atoms with Crippen LogP contribution in [0.25, 0.3) is 0 Å². The van der Waals surface area contributed by atoms with Crippen LogP contribution in [0.15, 0.2) is 24.3 Å².